The number of ether oxygens (including phenoxy) is 1. The maximum Gasteiger partial charge on any atom is 0.329 e. The van der Waals surface area contributed by atoms with Gasteiger partial charge >= 0.3 is 5.97 Å². The number of likely N-dealkylation sites (tertiary alicyclic amines) is 1. The van der Waals surface area contributed by atoms with Crippen LogP contribution in [0.4, 0.5) is 0 Å². The number of allylic oxidation sites excluding steroid dienone is 2. The van der Waals surface area contributed by atoms with E-state index in [1.54, 1.807) is 13.8 Å². The minimum atomic E-state index is -1.10. The van der Waals surface area contributed by atoms with Crippen LogP contribution in [-0.4, -0.2) is 51.9 Å². The summed E-state index contributed by atoms with van der Waals surface area (Å²) < 4.78 is 5.09. The zero-order valence-electron chi connectivity index (χ0n) is 16.9. The highest BCUT2D eigenvalue weighted by Crippen LogP contribution is 2.36. The third-order valence-electron chi connectivity index (χ3n) is 5.68. The Bertz CT molecular complexity index is 915. The SMILES string of the molecule is CC(=O)c1c(C)[nH]c(C(=O)COC(=O)[C@H](C)N2C(=O)[C@@H]3CC=CC[C@H]3C2=O)c1C. The predicted octanol–water partition coefficient (Wildman–Crippen LogP) is 1.90. The number of carbonyl (C=O) groups is 5. The van der Waals surface area contributed by atoms with Crippen molar-refractivity contribution in [3.05, 3.63) is 34.7 Å². The van der Waals surface area contributed by atoms with Crippen molar-refractivity contribution in [3.8, 4) is 0 Å². The molecule has 1 saturated heterocycles. The first-order chi connectivity index (χ1) is 13.6. The van der Waals surface area contributed by atoms with Crippen LogP contribution in [0.25, 0.3) is 0 Å². The molecule has 1 N–H and O–H groups in total. The zero-order valence-corrected chi connectivity index (χ0v) is 16.9. The molecule has 0 saturated carbocycles. The molecule has 1 fully saturated rings. The van der Waals surface area contributed by atoms with Crippen molar-refractivity contribution in [2.24, 2.45) is 11.8 Å². The Balaban J connectivity index is 1.66. The Kier molecular flexibility index (Phi) is 5.55. The van der Waals surface area contributed by atoms with E-state index < -0.39 is 36.2 Å². The van der Waals surface area contributed by atoms with Crippen molar-refractivity contribution in [1.82, 2.24) is 9.88 Å². The van der Waals surface area contributed by atoms with E-state index in [2.05, 4.69) is 4.98 Å². The van der Waals surface area contributed by atoms with Crippen LogP contribution >= 0.6 is 0 Å². The number of aryl methyl sites for hydroxylation is 1. The van der Waals surface area contributed by atoms with Crippen molar-refractivity contribution in [2.75, 3.05) is 6.61 Å². The van der Waals surface area contributed by atoms with Gasteiger partial charge in [-0.2, -0.15) is 0 Å². The molecule has 8 heteroatoms. The topological polar surface area (TPSA) is 114 Å². The van der Waals surface area contributed by atoms with Crippen molar-refractivity contribution in [2.45, 2.75) is 46.6 Å². The van der Waals surface area contributed by atoms with E-state index in [-0.39, 0.29) is 23.3 Å². The fraction of sp³-hybridized carbons (Fsp3) is 0.476. The second-order valence-corrected chi connectivity index (χ2v) is 7.59. The molecule has 154 valence electrons. The molecule has 0 unspecified atom stereocenters. The first-order valence-corrected chi connectivity index (χ1v) is 9.57. The van der Waals surface area contributed by atoms with E-state index in [0.717, 1.165) is 4.90 Å². The number of nitrogens with one attached hydrogen (secondary N) is 1. The number of nitrogens with zero attached hydrogens (tertiary/aromatic N) is 1. The summed E-state index contributed by atoms with van der Waals surface area (Å²) in [6.07, 6.45) is 4.70. The molecule has 0 bridgehead atoms. The lowest BCUT2D eigenvalue weighted by atomic mass is 9.85. The normalized spacial score (nSPS) is 21.9. The fourth-order valence-electron chi connectivity index (χ4n) is 4.20. The van der Waals surface area contributed by atoms with Crippen LogP contribution in [0, 0.1) is 25.7 Å². The van der Waals surface area contributed by atoms with Gasteiger partial charge in [0.25, 0.3) is 0 Å². The van der Waals surface area contributed by atoms with E-state index in [0.29, 0.717) is 29.7 Å². The Morgan fingerprint density at radius 2 is 1.69 bits per heavy atom. The van der Waals surface area contributed by atoms with Gasteiger partial charge in [0.1, 0.15) is 6.04 Å². The molecule has 2 heterocycles. The quantitative estimate of drug-likeness (QED) is 0.338. The summed E-state index contributed by atoms with van der Waals surface area (Å²) >= 11 is 0. The number of fused-ring (bicyclic) bond motifs is 1. The number of carbonyl (C=O) groups excluding carboxylic acids is 5. The van der Waals surface area contributed by atoms with Gasteiger partial charge in [-0.3, -0.25) is 24.1 Å². The van der Waals surface area contributed by atoms with Gasteiger partial charge in [-0.15, -0.1) is 0 Å². The molecule has 0 radical (unpaired) electrons. The average Bonchev–Trinajstić information content (AvgIpc) is 3.12. The molecule has 1 aromatic heterocycles. The third kappa shape index (κ3) is 3.54. The van der Waals surface area contributed by atoms with Crippen LogP contribution < -0.4 is 0 Å². The van der Waals surface area contributed by atoms with Crippen molar-refractivity contribution in [1.29, 1.82) is 0 Å². The summed E-state index contributed by atoms with van der Waals surface area (Å²) in [5.41, 5.74) is 1.73. The number of imide groups is 1. The molecule has 2 amide bonds. The van der Waals surface area contributed by atoms with Gasteiger partial charge in [0.2, 0.25) is 17.6 Å². The number of aromatic nitrogens is 1. The van der Waals surface area contributed by atoms with E-state index in [4.69, 9.17) is 4.74 Å². The average molecular weight is 400 g/mol. The maximum absolute atomic E-state index is 12.6. The number of esters is 1. The lowest BCUT2D eigenvalue weighted by molar-refractivity contribution is -0.157. The van der Waals surface area contributed by atoms with Gasteiger partial charge in [-0.25, -0.2) is 4.79 Å². The second kappa shape index (κ2) is 7.77. The van der Waals surface area contributed by atoms with Crippen molar-refractivity contribution < 1.29 is 28.7 Å². The minimum Gasteiger partial charge on any atom is -0.456 e. The number of aromatic amines is 1. The van der Waals surface area contributed by atoms with Crippen LogP contribution in [0.3, 0.4) is 0 Å². The Morgan fingerprint density at radius 3 is 2.17 bits per heavy atom. The number of hydrogen-bond donors (Lipinski definition) is 1. The zero-order chi connectivity index (χ0) is 21.5. The molecule has 2 aliphatic rings. The molecule has 1 aliphatic heterocycles. The monoisotopic (exact) mass is 400 g/mol. The molecule has 1 aromatic rings. The van der Waals surface area contributed by atoms with E-state index in [1.165, 1.54) is 13.8 Å². The molecular weight excluding hydrogens is 376 g/mol. The van der Waals surface area contributed by atoms with Crippen LogP contribution in [-0.2, 0) is 19.1 Å². The first kappa shape index (κ1) is 20.7. The summed E-state index contributed by atoms with van der Waals surface area (Å²) in [5, 5.41) is 0. The van der Waals surface area contributed by atoms with Crippen LogP contribution in [0.15, 0.2) is 12.2 Å². The maximum atomic E-state index is 12.6. The molecule has 3 atom stereocenters. The Hall–Kier alpha value is -3.03. The van der Waals surface area contributed by atoms with E-state index in [9.17, 15) is 24.0 Å². The predicted molar refractivity (Wildman–Crippen MR) is 102 cm³/mol. The highest BCUT2D eigenvalue weighted by Gasteiger charge is 2.50. The summed E-state index contributed by atoms with van der Waals surface area (Å²) in [4.78, 5) is 65.5. The van der Waals surface area contributed by atoms with Gasteiger partial charge in [0.05, 0.1) is 17.5 Å². The summed E-state index contributed by atoms with van der Waals surface area (Å²) in [5.74, 6) is -3.08. The molecule has 0 aromatic carbocycles. The summed E-state index contributed by atoms with van der Waals surface area (Å²) in [6, 6.07) is -1.10. The highest BCUT2D eigenvalue weighted by atomic mass is 16.5. The Morgan fingerprint density at radius 1 is 1.14 bits per heavy atom. The number of hydrogen-bond acceptors (Lipinski definition) is 6. The smallest absolute Gasteiger partial charge is 0.329 e. The number of ketones is 2. The van der Waals surface area contributed by atoms with Gasteiger partial charge in [-0.1, -0.05) is 12.2 Å². The summed E-state index contributed by atoms with van der Waals surface area (Å²) in [7, 11) is 0. The van der Waals surface area contributed by atoms with Gasteiger partial charge in [-0.05, 0) is 46.1 Å². The molecule has 3 rings (SSSR count). The number of H-pyrrole nitrogens is 1. The largest absolute Gasteiger partial charge is 0.456 e. The van der Waals surface area contributed by atoms with Crippen molar-refractivity contribution in [3.63, 3.8) is 0 Å². The fourth-order valence-corrected chi connectivity index (χ4v) is 4.20. The standard InChI is InChI=1S/C21H24N2O6/c1-10-17(13(4)24)11(2)22-18(10)16(25)9-29-21(28)12(3)23-19(26)14-7-5-6-8-15(14)20(23)27/h5-6,12,14-15,22H,7-9H2,1-4H3/t12-,14+,15+/m0/s1. The van der Waals surface area contributed by atoms with E-state index in [1.807, 2.05) is 12.2 Å². The molecular formula is C21H24N2O6. The van der Waals surface area contributed by atoms with Gasteiger partial charge < -0.3 is 9.72 Å². The van der Waals surface area contributed by atoms with Crippen LogP contribution in [0.2, 0.25) is 0 Å². The molecule has 8 nitrogen and oxygen atoms in total. The number of rotatable bonds is 6. The summed E-state index contributed by atoms with van der Waals surface area (Å²) in [6.45, 7) is 5.62. The van der Waals surface area contributed by atoms with Gasteiger partial charge in [0.15, 0.2) is 12.4 Å². The minimum absolute atomic E-state index is 0.164. The first-order valence-electron chi connectivity index (χ1n) is 9.57. The van der Waals surface area contributed by atoms with E-state index >= 15 is 0 Å². The molecule has 0 spiro atoms. The van der Waals surface area contributed by atoms with Crippen LogP contribution in [0.5, 0.6) is 0 Å². The van der Waals surface area contributed by atoms with Gasteiger partial charge in [0, 0.05) is 11.3 Å². The Labute approximate surface area is 168 Å². The number of Topliss-reactive ketones (excluding diaryl/α,β-unsaturated/α-hetero) is 2. The molecule has 29 heavy (non-hydrogen) atoms. The van der Waals surface area contributed by atoms with Crippen LogP contribution in [0.1, 0.15) is 58.8 Å². The highest BCUT2D eigenvalue weighted by molar-refractivity contribution is 6.08. The molecule has 1 aliphatic carbocycles. The number of amides is 2. The second-order valence-electron chi connectivity index (χ2n) is 7.59. The lowest BCUT2D eigenvalue weighted by Gasteiger charge is -2.21. The third-order valence-corrected chi connectivity index (χ3v) is 5.68. The van der Waals surface area contributed by atoms with Crippen molar-refractivity contribution >= 4 is 29.4 Å². The lowest BCUT2D eigenvalue weighted by Crippen LogP contribution is -2.44.